The summed E-state index contributed by atoms with van der Waals surface area (Å²) in [7, 11) is 1.41. The molecule has 0 spiro atoms. The number of hydrogen-bond acceptors (Lipinski definition) is 2. The van der Waals surface area contributed by atoms with E-state index in [0.29, 0.717) is 5.56 Å². The summed E-state index contributed by atoms with van der Waals surface area (Å²) in [5, 5.41) is 2.86. The summed E-state index contributed by atoms with van der Waals surface area (Å²) in [6.45, 7) is 1.90. The zero-order chi connectivity index (χ0) is 16.8. The van der Waals surface area contributed by atoms with Crippen LogP contribution in [0.15, 0.2) is 53.0 Å². The Kier molecular flexibility index (Phi) is 5.93. The molecule has 23 heavy (non-hydrogen) atoms. The Morgan fingerprint density at radius 2 is 1.96 bits per heavy atom. The van der Waals surface area contributed by atoms with Crippen LogP contribution in [0.4, 0.5) is 4.39 Å². The lowest BCUT2D eigenvalue weighted by Gasteiger charge is -2.12. The minimum atomic E-state index is -0.460. The van der Waals surface area contributed by atoms with Crippen molar-refractivity contribution >= 4 is 27.9 Å². The number of nitrogens with one attached hydrogen (secondary N) is 1. The van der Waals surface area contributed by atoms with Crippen LogP contribution in [-0.2, 0) is 4.79 Å². The van der Waals surface area contributed by atoms with Gasteiger partial charge in [0.15, 0.2) is 11.6 Å². The van der Waals surface area contributed by atoms with E-state index in [1.54, 1.807) is 12.1 Å². The summed E-state index contributed by atoms with van der Waals surface area (Å²) < 4.78 is 19.4. The summed E-state index contributed by atoms with van der Waals surface area (Å²) in [6, 6.07) is 12.1. The van der Waals surface area contributed by atoms with Crippen LogP contribution >= 0.6 is 15.9 Å². The number of carbonyl (C=O) groups excluding carboxylic acids is 1. The predicted octanol–water partition coefficient (Wildman–Crippen LogP) is 4.49. The molecule has 2 aromatic carbocycles. The Morgan fingerprint density at radius 1 is 1.26 bits per heavy atom. The molecule has 0 aliphatic rings. The number of carbonyl (C=O) groups is 1. The second kappa shape index (κ2) is 7.92. The minimum Gasteiger partial charge on any atom is -0.494 e. The Bertz CT molecular complexity index is 713. The average molecular weight is 378 g/mol. The van der Waals surface area contributed by atoms with Gasteiger partial charge in [-0.25, -0.2) is 4.39 Å². The highest BCUT2D eigenvalue weighted by molar-refractivity contribution is 9.10. The van der Waals surface area contributed by atoms with E-state index in [2.05, 4.69) is 21.2 Å². The van der Waals surface area contributed by atoms with E-state index in [-0.39, 0.29) is 17.7 Å². The van der Waals surface area contributed by atoms with Crippen LogP contribution in [0, 0.1) is 5.82 Å². The highest BCUT2D eigenvalue weighted by atomic mass is 79.9. The van der Waals surface area contributed by atoms with E-state index >= 15 is 0 Å². The van der Waals surface area contributed by atoms with Crippen molar-refractivity contribution in [2.75, 3.05) is 7.11 Å². The average Bonchev–Trinajstić information content (AvgIpc) is 2.53. The zero-order valence-electron chi connectivity index (χ0n) is 12.8. The summed E-state index contributed by atoms with van der Waals surface area (Å²) in [5.74, 6) is -0.523. The van der Waals surface area contributed by atoms with E-state index in [1.165, 1.54) is 25.3 Å². The summed E-state index contributed by atoms with van der Waals surface area (Å²) >= 11 is 3.37. The maximum absolute atomic E-state index is 13.6. The topological polar surface area (TPSA) is 38.3 Å². The number of rotatable bonds is 5. The summed E-state index contributed by atoms with van der Waals surface area (Å²) in [4.78, 5) is 11.9. The molecule has 0 unspecified atom stereocenters. The van der Waals surface area contributed by atoms with Gasteiger partial charge in [0.05, 0.1) is 13.2 Å². The van der Waals surface area contributed by atoms with Crippen molar-refractivity contribution in [2.45, 2.75) is 13.0 Å². The van der Waals surface area contributed by atoms with Crippen LogP contribution in [0.25, 0.3) is 6.08 Å². The maximum atomic E-state index is 13.6. The van der Waals surface area contributed by atoms with Crippen molar-refractivity contribution in [1.82, 2.24) is 5.32 Å². The number of ether oxygens (including phenoxy) is 1. The van der Waals surface area contributed by atoms with E-state index in [4.69, 9.17) is 4.74 Å². The van der Waals surface area contributed by atoms with Crippen LogP contribution in [-0.4, -0.2) is 13.0 Å². The van der Waals surface area contributed by atoms with Gasteiger partial charge in [0.25, 0.3) is 0 Å². The molecule has 1 N–H and O–H groups in total. The van der Waals surface area contributed by atoms with Crippen LogP contribution in [0.1, 0.15) is 24.1 Å². The van der Waals surface area contributed by atoms with Crippen molar-refractivity contribution in [3.63, 3.8) is 0 Å². The van der Waals surface area contributed by atoms with Crippen LogP contribution in [0.2, 0.25) is 0 Å². The molecule has 3 nitrogen and oxygen atoms in total. The third-order valence-electron chi connectivity index (χ3n) is 3.33. The number of benzene rings is 2. The molecule has 0 radical (unpaired) electrons. The van der Waals surface area contributed by atoms with Crippen LogP contribution in [0.5, 0.6) is 5.75 Å². The third-order valence-corrected chi connectivity index (χ3v) is 3.86. The molecule has 120 valence electrons. The largest absolute Gasteiger partial charge is 0.494 e. The number of hydrogen-bond donors (Lipinski definition) is 1. The molecular formula is C18H17BrFNO2. The highest BCUT2D eigenvalue weighted by Crippen LogP contribution is 2.19. The van der Waals surface area contributed by atoms with Gasteiger partial charge in [-0.3, -0.25) is 4.79 Å². The standard InChI is InChI=1S/C18H17BrFNO2/c1-12(14-5-7-15(19)8-6-14)21-18(22)10-4-13-3-9-17(23-2)16(20)11-13/h3-12H,1-2H3,(H,21,22)/b10-4+/t12-/m0/s1. The lowest BCUT2D eigenvalue weighted by molar-refractivity contribution is -0.117. The Morgan fingerprint density at radius 3 is 2.57 bits per heavy atom. The lowest BCUT2D eigenvalue weighted by atomic mass is 10.1. The SMILES string of the molecule is COc1ccc(/C=C/C(=O)N[C@@H](C)c2ccc(Br)cc2)cc1F. The normalized spacial score (nSPS) is 12.2. The number of amides is 1. The van der Waals surface area contributed by atoms with Crippen molar-refractivity contribution in [3.8, 4) is 5.75 Å². The molecule has 0 aliphatic carbocycles. The molecule has 0 saturated heterocycles. The Balaban J connectivity index is 1.98. The molecule has 0 bridgehead atoms. The first kappa shape index (κ1) is 17.2. The molecule has 2 rings (SSSR count). The van der Waals surface area contributed by atoms with Gasteiger partial charge < -0.3 is 10.1 Å². The molecule has 2 aromatic rings. The monoisotopic (exact) mass is 377 g/mol. The fraction of sp³-hybridized carbons (Fsp3) is 0.167. The van der Waals surface area contributed by atoms with Gasteiger partial charge in [0.2, 0.25) is 5.91 Å². The Labute approximate surface area is 143 Å². The first-order chi connectivity index (χ1) is 11.0. The second-order valence-electron chi connectivity index (χ2n) is 5.01. The molecule has 1 atom stereocenters. The van der Waals surface area contributed by atoms with Gasteiger partial charge in [-0.1, -0.05) is 34.1 Å². The molecule has 0 heterocycles. The third kappa shape index (κ3) is 4.93. The molecule has 0 aliphatic heterocycles. The van der Waals surface area contributed by atoms with Gasteiger partial charge in [0, 0.05) is 10.5 Å². The number of methoxy groups -OCH3 is 1. The molecular weight excluding hydrogens is 361 g/mol. The maximum Gasteiger partial charge on any atom is 0.244 e. The number of halogens is 2. The van der Waals surface area contributed by atoms with Gasteiger partial charge in [0.1, 0.15) is 0 Å². The smallest absolute Gasteiger partial charge is 0.244 e. The van der Waals surface area contributed by atoms with E-state index in [9.17, 15) is 9.18 Å². The minimum absolute atomic E-state index is 0.118. The predicted molar refractivity (Wildman–Crippen MR) is 92.7 cm³/mol. The molecule has 0 aromatic heterocycles. The summed E-state index contributed by atoms with van der Waals surface area (Å²) in [6.07, 6.45) is 2.95. The highest BCUT2D eigenvalue weighted by Gasteiger charge is 2.07. The van der Waals surface area contributed by atoms with E-state index < -0.39 is 5.82 Å². The first-order valence-corrected chi connectivity index (χ1v) is 7.86. The van der Waals surface area contributed by atoms with Crippen LogP contribution < -0.4 is 10.1 Å². The van der Waals surface area contributed by atoms with Crippen molar-refractivity contribution in [2.24, 2.45) is 0 Å². The fourth-order valence-corrected chi connectivity index (χ4v) is 2.32. The van der Waals surface area contributed by atoms with Gasteiger partial charge in [-0.05, 0) is 48.4 Å². The molecule has 5 heteroatoms. The van der Waals surface area contributed by atoms with Crippen LogP contribution in [0.3, 0.4) is 0 Å². The first-order valence-electron chi connectivity index (χ1n) is 7.07. The second-order valence-corrected chi connectivity index (χ2v) is 5.92. The van der Waals surface area contributed by atoms with Gasteiger partial charge in [-0.2, -0.15) is 0 Å². The van der Waals surface area contributed by atoms with Crippen molar-refractivity contribution < 1.29 is 13.9 Å². The Hall–Kier alpha value is -2.14. The van der Waals surface area contributed by atoms with Crippen molar-refractivity contribution in [1.29, 1.82) is 0 Å². The quantitative estimate of drug-likeness (QED) is 0.779. The van der Waals surface area contributed by atoms with E-state index in [0.717, 1.165) is 10.0 Å². The van der Waals surface area contributed by atoms with Gasteiger partial charge in [-0.15, -0.1) is 0 Å². The lowest BCUT2D eigenvalue weighted by Crippen LogP contribution is -2.24. The zero-order valence-corrected chi connectivity index (χ0v) is 14.4. The van der Waals surface area contributed by atoms with Gasteiger partial charge >= 0.3 is 0 Å². The van der Waals surface area contributed by atoms with E-state index in [1.807, 2.05) is 31.2 Å². The van der Waals surface area contributed by atoms with Crippen molar-refractivity contribution in [3.05, 3.63) is 70.0 Å². The molecule has 1 amide bonds. The molecule has 0 saturated carbocycles. The molecule has 0 fully saturated rings. The summed E-state index contributed by atoms with van der Waals surface area (Å²) in [5.41, 5.74) is 1.60. The fourth-order valence-electron chi connectivity index (χ4n) is 2.05.